The van der Waals surface area contributed by atoms with E-state index in [4.69, 9.17) is 4.42 Å². The Labute approximate surface area is 133 Å². The lowest BCUT2D eigenvalue weighted by Crippen LogP contribution is -2.29. The molecule has 0 saturated carbocycles. The molecule has 6 nitrogen and oxygen atoms in total. The first-order valence-electron chi connectivity index (χ1n) is 7.49. The van der Waals surface area contributed by atoms with Gasteiger partial charge in [0.1, 0.15) is 11.1 Å². The number of nitrogens with one attached hydrogen (secondary N) is 1. The Morgan fingerprint density at radius 3 is 2.74 bits per heavy atom. The van der Waals surface area contributed by atoms with Crippen LogP contribution in [0.4, 0.5) is 0 Å². The van der Waals surface area contributed by atoms with Crippen molar-refractivity contribution in [2.45, 2.75) is 25.7 Å². The molecular weight excluding hydrogens is 298 g/mol. The van der Waals surface area contributed by atoms with Crippen molar-refractivity contribution in [3.63, 3.8) is 0 Å². The maximum Gasteiger partial charge on any atom is 0.349 e. The topological polar surface area (TPSA) is 85.6 Å². The van der Waals surface area contributed by atoms with Gasteiger partial charge in [-0.05, 0) is 25.0 Å². The molecule has 6 heteroatoms. The molecule has 1 aromatic carbocycles. The highest BCUT2D eigenvalue weighted by atomic mass is 16.5. The largest absolute Gasteiger partial charge is 0.469 e. The van der Waals surface area contributed by atoms with Crippen molar-refractivity contribution in [3.8, 4) is 0 Å². The summed E-state index contributed by atoms with van der Waals surface area (Å²) >= 11 is 0. The molecule has 2 rings (SSSR count). The van der Waals surface area contributed by atoms with Crippen LogP contribution in [0.1, 0.15) is 36.0 Å². The van der Waals surface area contributed by atoms with Crippen LogP contribution in [0, 0.1) is 0 Å². The second-order valence-corrected chi connectivity index (χ2v) is 5.13. The van der Waals surface area contributed by atoms with Crippen molar-refractivity contribution in [1.82, 2.24) is 5.32 Å². The second-order valence-electron chi connectivity index (χ2n) is 5.13. The van der Waals surface area contributed by atoms with Crippen molar-refractivity contribution in [3.05, 3.63) is 46.3 Å². The quantitative estimate of drug-likeness (QED) is 0.481. The third-order valence-electron chi connectivity index (χ3n) is 3.46. The number of esters is 1. The van der Waals surface area contributed by atoms with Crippen LogP contribution < -0.4 is 10.9 Å². The highest BCUT2D eigenvalue weighted by Crippen LogP contribution is 2.12. The van der Waals surface area contributed by atoms with Gasteiger partial charge in [-0.2, -0.15) is 0 Å². The number of para-hydroxylation sites is 1. The number of hydrogen-bond acceptors (Lipinski definition) is 5. The molecule has 23 heavy (non-hydrogen) atoms. The SMILES string of the molecule is COC(=O)CCCCCNC(=O)c1cc2ccccc2oc1=O. The predicted molar refractivity (Wildman–Crippen MR) is 85.3 cm³/mol. The summed E-state index contributed by atoms with van der Waals surface area (Å²) in [5, 5.41) is 3.40. The second kappa shape index (κ2) is 8.12. The number of fused-ring (bicyclic) bond motifs is 1. The molecule has 0 spiro atoms. The summed E-state index contributed by atoms with van der Waals surface area (Å²) in [5.41, 5.74) is -0.193. The van der Waals surface area contributed by atoms with E-state index < -0.39 is 11.5 Å². The number of ether oxygens (including phenoxy) is 1. The highest BCUT2D eigenvalue weighted by Gasteiger charge is 2.12. The number of unbranched alkanes of at least 4 members (excludes halogenated alkanes) is 2. The average molecular weight is 317 g/mol. The summed E-state index contributed by atoms with van der Waals surface area (Å²) in [6, 6.07) is 8.57. The van der Waals surface area contributed by atoms with Gasteiger partial charge in [-0.15, -0.1) is 0 Å². The number of benzene rings is 1. The van der Waals surface area contributed by atoms with Crippen LogP contribution in [0.5, 0.6) is 0 Å². The first-order valence-corrected chi connectivity index (χ1v) is 7.49. The molecule has 0 atom stereocenters. The number of amides is 1. The lowest BCUT2D eigenvalue weighted by Gasteiger charge is -2.05. The van der Waals surface area contributed by atoms with E-state index in [1.165, 1.54) is 13.2 Å². The van der Waals surface area contributed by atoms with Gasteiger partial charge in [0.15, 0.2) is 0 Å². The van der Waals surface area contributed by atoms with Crippen molar-refractivity contribution < 1.29 is 18.7 Å². The Bertz CT molecular complexity index is 750. The van der Waals surface area contributed by atoms with Crippen molar-refractivity contribution >= 4 is 22.8 Å². The lowest BCUT2D eigenvalue weighted by molar-refractivity contribution is -0.140. The van der Waals surface area contributed by atoms with E-state index in [-0.39, 0.29) is 11.5 Å². The third-order valence-corrected chi connectivity index (χ3v) is 3.46. The molecule has 0 bridgehead atoms. The number of methoxy groups -OCH3 is 1. The van der Waals surface area contributed by atoms with Crippen LogP contribution in [0.3, 0.4) is 0 Å². The molecule has 0 aliphatic heterocycles. The fraction of sp³-hybridized carbons (Fsp3) is 0.353. The normalized spacial score (nSPS) is 10.5. The van der Waals surface area contributed by atoms with Crippen molar-refractivity contribution in [2.24, 2.45) is 0 Å². The molecule has 0 saturated heterocycles. The maximum atomic E-state index is 12.1. The minimum Gasteiger partial charge on any atom is -0.469 e. The van der Waals surface area contributed by atoms with Gasteiger partial charge in [-0.25, -0.2) is 4.79 Å². The lowest BCUT2D eigenvalue weighted by atomic mass is 10.1. The molecule has 0 radical (unpaired) electrons. The molecule has 1 amide bonds. The Hall–Kier alpha value is -2.63. The number of carbonyl (C=O) groups is 2. The summed E-state index contributed by atoms with van der Waals surface area (Å²) in [7, 11) is 1.36. The Kier molecular flexibility index (Phi) is 5.91. The smallest absolute Gasteiger partial charge is 0.349 e. The summed E-state index contributed by atoms with van der Waals surface area (Å²) in [6.07, 6.45) is 2.60. The van der Waals surface area contributed by atoms with Crippen LogP contribution >= 0.6 is 0 Å². The zero-order chi connectivity index (χ0) is 16.7. The van der Waals surface area contributed by atoms with Gasteiger partial charge in [0.2, 0.25) is 0 Å². The van der Waals surface area contributed by atoms with E-state index in [2.05, 4.69) is 10.1 Å². The third kappa shape index (κ3) is 4.67. The zero-order valence-corrected chi connectivity index (χ0v) is 13.0. The van der Waals surface area contributed by atoms with E-state index in [1.807, 2.05) is 6.07 Å². The molecule has 1 N–H and O–H groups in total. The number of hydrogen-bond donors (Lipinski definition) is 1. The number of rotatable bonds is 7. The fourth-order valence-corrected chi connectivity index (χ4v) is 2.19. The van der Waals surface area contributed by atoms with E-state index in [0.29, 0.717) is 30.4 Å². The highest BCUT2D eigenvalue weighted by molar-refractivity contribution is 5.96. The number of carbonyl (C=O) groups excluding carboxylic acids is 2. The minimum atomic E-state index is -0.646. The molecular formula is C17H19NO5. The van der Waals surface area contributed by atoms with E-state index in [9.17, 15) is 14.4 Å². The molecule has 1 aromatic heterocycles. The van der Waals surface area contributed by atoms with Gasteiger partial charge in [0, 0.05) is 18.4 Å². The van der Waals surface area contributed by atoms with Crippen LogP contribution in [0.25, 0.3) is 11.0 Å². The van der Waals surface area contributed by atoms with Crippen LogP contribution in [0.2, 0.25) is 0 Å². The molecule has 2 aromatic rings. The molecule has 122 valence electrons. The molecule has 0 aliphatic carbocycles. The van der Waals surface area contributed by atoms with Crippen LogP contribution in [-0.4, -0.2) is 25.5 Å². The summed E-state index contributed by atoms with van der Waals surface area (Å²) in [5.74, 6) is -0.680. The summed E-state index contributed by atoms with van der Waals surface area (Å²) in [4.78, 5) is 34.8. The first-order chi connectivity index (χ1) is 11.1. The van der Waals surface area contributed by atoms with Gasteiger partial charge in [-0.1, -0.05) is 24.6 Å². The average Bonchev–Trinajstić information content (AvgIpc) is 2.56. The Balaban J connectivity index is 1.85. The zero-order valence-electron chi connectivity index (χ0n) is 13.0. The van der Waals surface area contributed by atoms with Gasteiger partial charge in [0.05, 0.1) is 7.11 Å². The van der Waals surface area contributed by atoms with Gasteiger partial charge < -0.3 is 14.5 Å². The Morgan fingerprint density at radius 1 is 1.17 bits per heavy atom. The molecule has 0 aliphatic rings. The molecule has 0 fully saturated rings. The van der Waals surface area contributed by atoms with Crippen LogP contribution in [0.15, 0.2) is 39.5 Å². The predicted octanol–water partition coefficient (Wildman–Crippen LogP) is 2.26. The van der Waals surface area contributed by atoms with Crippen molar-refractivity contribution in [1.29, 1.82) is 0 Å². The monoisotopic (exact) mass is 317 g/mol. The summed E-state index contributed by atoms with van der Waals surface area (Å²) < 4.78 is 9.68. The van der Waals surface area contributed by atoms with Gasteiger partial charge in [-0.3, -0.25) is 9.59 Å². The first kappa shape index (κ1) is 16.7. The standard InChI is InChI=1S/C17H19NO5/c1-22-15(19)9-3-2-6-10-18-16(20)13-11-12-7-4-5-8-14(12)23-17(13)21/h4-5,7-8,11H,2-3,6,9-10H2,1H3,(H,18,20). The molecule has 0 unspecified atom stereocenters. The van der Waals surface area contributed by atoms with Crippen molar-refractivity contribution in [2.75, 3.05) is 13.7 Å². The maximum absolute atomic E-state index is 12.1. The minimum absolute atomic E-state index is 0.00161. The Morgan fingerprint density at radius 2 is 1.96 bits per heavy atom. The van der Waals surface area contributed by atoms with Gasteiger partial charge >= 0.3 is 11.6 Å². The summed E-state index contributed by atoms with van der Waals surface area (Å²) in [6.45, 7) is 0.437. The van der Waals surface area contributed by atoms with E-state index >= 15 is 0 Å². The van der Waals surface area contributed by atoms with Gasteiger partial charge in [0.25, 0.3) is 5.91 Å². The molecule has 1 heterocycles. The van der Waals surface area contributed by atoms with Crippen LogP contribution in [-0.2, 0) is 9.53 Å². The fourth-order valence-electron chi connectivity index (χ4n) is 2.19. The van der Waals surface area contributed by atoms with E-state index in [0.717, 1.165) is 12.8 Å². The van der Waals surface area contributed by atoms with E-state index in [1.54, 1.807) is 18.2 Å².